The molecular weight excluding hydrogens is 292 g/mol. The maximum absolute atomic E-state index is 11.8. The molecule has 23 heavy (non-hydrogen) atoms. The summed E-state index contributed by atoms with van der Waals surface area (Å²) in [5.74, 6) is 1.86. The van der Waals surface area contributed by atoms with E-state index in [9.17, 15) is 4.79 Å². The van der Waals surface area contributed by atoms with Gasteiger partial charge in [-0.15, -0.1) is 0 Å². The first-order valence-corrected chi connectivity index (χ1v) is 7.03. The lowest BCUT2D eigenvalue weighted by Crippen LogP contribution is -2.17. The van der Waals surface area contributed by atoms with Crippen LogP contribution < -0.4 is 14.8 Å². The normalized spacial score (nSPS) is 9.91. The summed E-state index contributed by atoms with van der Waals surface area (Å²) in [6, 6.07) is 23.2. The van der Waals surface area contributed by atoms with Crippen molar-refractivity contribution in [3.05, 3.63) is 78.9 Å². The lowest BCUT2D eigenvalue weighted by atomic mass is 10.3. The first-order valence-electron chi connectivity index (χ1n) is 7.03. The third-order valence-corrected chi connectivity index (χ3v) is 2.87. The van der Waals surface area contributed by atoms with E-state index in [-0.39, 0.29) is 0 Å². The van der Waals surface area contributed by atoms with Crippen LogP contribution in [0.25, 0.3) is 0 Å². The Morgan fingerprint density at radius 1 is 0.783 bits per heavy atom. The van der Waals surface area contributed by atoms with Gasteiger partial charge in [0, 0.05) is 6.07 Å². The van der Waals surface area contributed by atoms with Gasteiger partial charge in [-0.1, -0.05) is 42.5 Å². The third-order valence-electron chi connectivity index (χ3n) is 2.87. The van der Waals surface area contributed by atoms with Gasteiger partial charge in [-0.3, -0.25) is 5.32 Å². The number of hydrogen-bond acceptors (Lipinski definition) is 4. The summed E-state index contributed by atoms with van der Waals surface area (Å²) in [5, 5.41) is 2.56. The Morgan fingerprint density at radius 2 is 1.43 bits per heavy atom. The first kappa shape index (κ1) is 14.6. The Labute approximate surface area is 133 Å². The fourth-order valence-corrected chi connectivity index (χ4v) is 1.88. The third kappa shape index (κ3) is 4.31. The zero-order valence-electron chi connectivity index (χ0n) is 12.2. The van der Waals surface area contributed by atoms with Gasteiger partial charge in [0.15, 0.2) is 0 Å². The highest BCUT2D eigenvalue weighted by Crippen LogP contribution is 2.20. The number of carbonyl (C=O) groups is 1. The van der Waals surface area contributed by atoms with Crippen molar-refractivity contribution in [2.45, 2.75) is 0 Å². The van der Waals surface area contributed by atoms with Crippen molar-refractivity contribution in [2.75, 3.05) is 5.32 Å². The molecule has 0 unspecified atom stereocenters. The molecule has 2 aromatic carbocycles. The molecule has 3 rings (SSSR count). The number of carbonyl (C=O) groups excluding carboxylic acids is 1. The molecule has 1 N–H and O–H groups in total. The van der Waals surface area contributed by atoms with Gasteiger partial charge in [0.1, 0.15) is 17.3 Å². The molecule has 1 aromatic heterocycles. The van der Waals surface area contributed by atoms with E-state index in [4.69, 9.17) is 9.47 Å². The summed E-state index contributed by atoms with van der Waals surface area (Å²) in [4.78, 5) is 16.1. The van der Waals surface area contributed by atoms with Crippen molar-refractivity contribution >= 4 is 11.9 Å². The molecule has 3 aromatic rings. The van der Waals surface area contributed by atoms with Crippen LogP contribution in [0.15, 0.2) is 78.9 Å². The van der Waals surface area contributed by atoms with E-state index in [1.54, 1.807) is 42.5 Å². The average molecular weight is 306 g/mol. The standard InChI is InChI=1S/C18H14N2O3/c21-18(23-15-10-5-2-6-11-15)20-16-12-7-13-17(19-16)22-14-8-3-1-4-9-14/h1-13H,(H,19,20,21). The van der Waals surface area contributed by atoms with Gasteiger partial charge in [0.25, 0.3) is 0 Å². The molecule has 114 valence electrons. The predicted octanol–water partition coefficient (Wildman–Crippen LogP) is 4.48. The zero-order chi connectivity index (χ0) is 15.9. The van der Waals surface area contributed by atoms with Crippen molar-refractivity contribution in [2.24, 2.45) is 0 Å². The van der Waals surface area contributed by atoms with Crippen LogP contribution in [-0.4, -0.2) is 11.1 Å². The molecule has 0 aliphatic carbocycles. The van der Waals surface area contributed by atoms with Crippen LogP contribution in [0.4, 0.5) is 10.6 Å². The highest BCUT2D eigenvalue weighted by molar-refractivity contribution is 5.85. The molecule has 1 amide bonds. The van der Waals surface area contributed by atoms with Gasteiger partial charge in [0.05, 0.1) is 0 Å². The number of anilines is 1. The van der Waals surface area contributed by atoms with Crippen LogP contribution >= 0.6 is 0 Å². The summed E-state index contributed by atoms with van der Waals surface area (Å²) >= 11 is 0. The number of hydrogen-bond donors (Lipinski definition) is 1. The molecule has 0 fully saturated rings. The highest BCUT2D eigenvalue weighted by atomic mass is 16.6. The van der Waals surface area contributed by atoms with Crippen molar-refractivity contribution in [1.82, 2.24) is 4.98 Å². The highest BCUT2D eigenvalue weighted by Gasteiger charge is 2.07. The van der Waals surface area contributed by atoms with Gasteiger partial charge in [-0.25, -0.2) is 4.79 Å². The zero-order valence-corrected chi connectivity index (χ0v) is 12.2. The number of pyridine rings is 1. The molecule has 0 atom stereocenters. The maximum atomic E-state index is 11.8. The molecule has 0 bridgehead atoms. The van der Waals surface area contributed by atoms with E-state index in [1.807, 2.05) is 36.4 Å². The summed E-state index contributed by atoms with van der Waals surface area (Å²) in [5.41, 5.74) is 0. The number of aromatic nitrogens is 1. The molecule has 0 saturated carbocycles. The monoisotopic (exact) mass is 306 g/mol. The second-order valence-electron chi connectivity index (χ2n) is 4.60. The minimum atomic E-state index is -0.611. The van der Waals surface area contributed by atoms with E-state index in [2.05, 4.69) is 10.3 Å². The van der Waals surface area contributed by atoms with Crippen molar-refractivity contribution < 1.29 is 14.3 Å². The van der Waals surface area contributed by atoms with Crippen LogP contribution in [0.1, 0.15) is 0 Å². The Balaban J connectivity index is 1.64. The largest absolute Gasteiger partial charge is 0.439 e. The van der Waals surface area contributed by atoms with Crippen LogP contribution in [0.3, 0.4) is 0 Å². The second-order valence-corrected chi connectivity index (χ2v) is 4.60. The Kier molecular flexibility index (Phi) is 4.49. The number of nitrogens with one attached hydrogen (secondary N) is 1. The SMILES string of the molecule is O=C(Nc1cccc(Oc2ccccc2)n1)Oc1ccccc1. The number of para-hydroxylation sites is 2. The molecule has 5 heteroatoms. The summed E-state index contributed by atoms with van der Waals surface area (Å²) in [7, 11) is 0. The fraction of sp³-hybridized carbons (Fsp3) is 0. The van der Waals surface area contributed by atoms with Crippen LogP contribution in [0, 0.1) is 0 Å². The average Bonchev–Trinajstić information content (AvgIpc) is 2.57. The summed E-state index contributed by atoms with van der Waals surface area (Å²) in [6.45, 7) is 0. The van der Waals surface area contributed by atoms with Gasteiger partial charge in [0.2, 0.25) is 5.88 Å². The Morgan fingerprint density at radius 3 is 2.13 bits per heavy atom. The molecule has 0 radical (unpaired) electrons. The van der Waals surface area contributed by atoms with Crippen molar-refractivity contribution in [3.8, 4) is 17.4 Å². The minimum Gasteiger partial charge on any atom is -0.439 e. The molecule has 1 heterocycles. The van der Waals surface area contributed by atoms with Gasteiger partial charge < -0.3 is 9.47 Å². The lowest BCUT2D eigenvalue weighted by molar-refractivity contribution is 0.215. The van der Waals surface area contributed by atoms with Gasteiger partial charge >= 0.3 is 6.09 Å². The summed E-state index contributed by atoms with van der Waals surface area (Å²) in [6.07, 6.45) is -0.611. The Hall–Kier alpha value is -3.34. The second kappa shape index (κ2) is 7.09. The first-order chi connectivity index (χ1) is 11.3. The molecule has 5 nitrogen and oxygen atoms in total. The number of nitrogens with zero attached hydrogens (tertiary/aromatic N) is 1. The van der Waals surface area contributed by atoms with E-state index in [1.165, 1.54) is 0 Å². The van der Waals surface area contributed by atoms with Crippen molar-refractivity contribution in [1.29, 1.82) is 0 Å². The van der Waals surface area contributed by atoms with Gasteiger partial charge in [-0.2, -0.15) is 4.98 Å². The van der Waals surface area contributed by atoms with E-state index < -0.39 is 6.09 Å². The maximum Gasteiger partial charge on any atom is 0.418 e. The number of ether oxygens (including phenoxy) is 2. The van der Waals surface area contributed by atoms with Crippen LogP contribution in [0.2, 0.25) is 0 Å². The lowest BCUT2D eigenvalue weighted by Gasteiger charge is -2.08. The van der Waals surface area contributed by atoms with Crippen molar-refractivity contribution in [3.63, 3.8) is 0 Å². The number of benzene rings is 2. The summed E-state index contributed by atoms with van der Waals surface area (Å²) < 4.78 is 10.8. The van der Waals surface area contributed by atoms with Gasteiger partial charge in [-0.05, 0) is 30.3 Å². The molecule has 0 saturated heterocycles. The molecule has 0 aliphatic rings. The Bertz CT molecular complexity index is 777. The van der Waals surface area contributed by atoms with Crippen LogP contribution in [-0.2, 0) is 0 Å². The smallest absolute Gasteiger partial charge is 0.418 e. The van der Waals surface area contributed by atoms with E-state index in [0.717, 1.165) is 0 Å². The van der Waals surface area contributed by atoms with E-state index in [0.29, 0.717) is 23.2 Å². The predicted molar refractivity (Wildman–Crippen MR) is 86.8 cm³/mol. The number of rotatable bonds is 4. The molecule has 0 aliphatic heterocycles. The fourth-order valence-electron chi connectivity index (χ4n) is 1.88. The quantitative estimate of drug-likeness (QED) is 0.771. The minimum absolute atomic E-state index is 0.347. The van der Waals surface area contributed by atoms with Crippen LogP contribution in [0.5, 0.6) is 17.4 Å². The number of amides is 1. The van der Waals surface area contributed by atoms with E-state index >= 15 is 0 Å². The topological polar surface area (TPSA) is 60.5 Å². The molecule has 0 spiro atoms. The molecular formula is C18H14N2O3.